The van der Waals surface area contributed by atoms with Gasteiger partial charge >= 0.3 is 11.9 Å². The van der Waals surface area contributed by atoms with Gasteiger partial charge in [0.25, 0.3) is 12.0 Å². The number of hydrogen-bond acceptors (Lipinski definition) is 8. The predicted molar refractivity (Wildman–Crippen MR) is 164 cm³/mol. The van der Waals surface area contributed by atoms with Gasteiger partial charge in [0.2, 0.25) is 0 Å². The van der Waals surface area contributed by atoms with Gasteiger partial charge in [-0.25, -0.2) is 19.6 Å². The molecule has 0 amide bonds. The van der Waals surface area contributed by atoms with Crippen molar-refractivity contribution in [2.45, 2.75) is 64.5 Å². The normalized spacial score (nSPS) is 20.8. The number of aliphatic imine (C=N–C) groups is 2. The maximum atomic E-state index is 12.3. The summed E-state index contributed by atoms with van der Waals surface area (Å²) in [6, 6.07) is 13.2. The smallest absolute Gasteiger partial charge is 0.338 e. The van der Waals surface area contributed by atoms with E-state index in [0.717, 1.165) is 50.7 Å². The van der Waals surface area contributed by atoms with Crippen LogP contribution in [0, 0.1) is 13.8 Å². The van der Waals surface area contributed by atoms with E-state index in [1.807, 2.05) is 0 Å². The van der Waals surface area contributed by atoms with Gasteiger partial charge in [-0.1, -0.05) is 59.7 Å². The molecule has 4 aliphatic rings. The highest BCUT2D eigenvalue weighted by Gasteiger charge is 2.24. The van der Waals surface area contributed by atoms with Gasteiger partial charge in [0, 0.05) is 25.2 Å². The van der Waals surface area contributed by atoms with Crippen molar-refractivity contribution in [1.82, 2.24) is 10.6 Å². The minimum absolute atomic E-state index is 0.00102. The molecule has 2 aromatic rings. The molecule has 42 heavy (non-hydrogen) atoms. The molecule has 0 fully saturated rings. The fourth-order valence-corrected chi connectivity index (χ4v) is 6.08. The number of aryl methyl sites for hydroxylation is 4. The van der Waals surface area contributed by atoms with Crippen LogP contribution < -0.4 is 10.6 Å². The molecule has 2 N–H and O–H groups in total. The second kappa shape index (κ2) is 12.2. The van der Waals surface area contributed by atoms with E-state index in [2.05, 4.69) is 83.0 Å². The molecular weight excluding hydrogens is 528 g/mol. The molecule has 0 saturated carbocycles. The SMILES string of the molecule is Cc1cccc2c1C=C(CC1CNC(OC(=O)/C=C/C(=O)OC3=NC(CC4=Cc5c(C)cccc5CC4)CN3)=N1)CC2. The van der Waals surface area contributed by atoms with E-state index in [9.17, 15) is 9.59 Å². The standard InChI is InChI=1S/C34H36N4O4/c1-21-5-3-7-25-11-9-23(17-29(21)25)15-27-19-35-33(37-27)41-31(39)13-14-32(40)42-34-36-20-28(38-34)16-24-10-12-26-8-4-6-22(2)30(26)18-24/h3-8,13-14,17-18,27-28H,9-12,15-16,19-20H2,1-2H3,(H,35,37)(H,36,38)/b14-13+. The zero-order chi connectivity index (χ0) is 29.1. The second-order valence-electron chi connectivity index (χ2n) is 11.4. The monoisotopic (exact) mass is 564 g/mol. The average molecular weight is 565 g/mol. The number of fused-ring (bicyclic) bond motifs is 2. The Labute approximate surface area is 246 Å². The van der Waals surface area contributed by atoms with Gasteiger partial charge in [0.15, 0.2) is 0 Å². The maximum absolute atomic E-state index is 12.3. The Morgan fingerprint density at radius 3 is 1.64 bits per heavy atom. The van der Waals surface area contributed by atoms with E-state index >= 15 is 0 Å². The van der Waals surface area contributed by atoms with Crippen LogP contribution in [0.15, 0.2) is 69.7 Å². The fourth-order valence-electron chi connectivity index (χ4n) is 6.08. The summed E-state index contributed by atoms with van der Waals surface area (Å²) in [6.45, 7) is 5.47. The van der Waals surface area contributed by atoms with Crippen molar-refractivity contribution in [3.05, 3.63) is 93.1 Å². The van der Waals surface area contributed by atoms with Crippen molar-refractivity contribution >= 4 is 36.1 Å². The van der Waals surface area contributed by atoms with Gasteiger partial charge in [0.1, 0.15) is 0 Å². The highest BCUT2D eigenvalue weighted by atomic mass is 16.6. The van der Waals surface area contributed by atoms with Crippen LogP contribution in [0.2, 0.25) is 0 Å². The number of ether oxygens (including phenoxy) is 2. The lowest BCUT2D eigenvalue weighted by atomic mass is 9.87. The van der Waals surface area contributed by atoms with Gasteiger partial charge in [0.05, 0.1) is 12.1 Å². The van der Waals surface area contributed by atoms with Crippen LogP contribution in [0.1, 0.15) is 59.1 Å². The molecule has 0 radical (unpaired) electrons. The number of esters is 2. The average Bonchev–Trinajstić information content (AvgIpc) is 3.61. The molecule has 0 spiro atoms. The summed E-state index contributed by atoms with van der Waals surface area (Å²) in [4.78, 5) is 33.6. The molecule has 0 saturated heterocycles. The summed E-state index contributed by atoms with van der Waals surface area (Å²) in [7, 11) is 0. The third-order valence-corrected chi connectivity index (χ3v) is 8.28. The van der Waals surface area contributed by atoms with Crippen LogP contribution >= 0.6 is 0 Å². The number of nitrogens with zero attached hydrogens (tertiary/aromatic N) is 2. The highest BCUT2D eigenvalue weighted by molar-refractivity contribution is 6.00. The quantitative estimate of drug-likeness (QED) is 0.388. The second-order valence-corrected chi connectivity index (χ2v) is 11.4. The molecule has 2 unspecified atom stereocenters. The zero-order valence-electron chi connectivity index (χ0n) is 24.1. The lowest BCUT2D eigenvalue weighted by Crippen LogP contribution is -2.26. The summed E-state index contributed by atoms with van der Waals surface area (Å²) in [5.74, 6) is -1.39. The molecule has 2 aromatic carbocycles. The van der Waals surface area contributed by atoms with Gasteiger partial charge < -0.3 is 20.1 Å². The van der Waals surface area contributed by atoms with Crippen molar-refractivity contribution in [1.29, 1.82) is 0 Å². The number of carbonyl (C=O) groups excluding carboxylic acids is 2. The Balaban J connectivity index is 0.964. The van der Waals surface area contributed by atoms with Crippen molar-refractivity contribution in [3.63, 3.8) is 0 Å². The lowest BCUT2D eigenvalue weighted by molar-refractivity contribution is -0.132. The molecule has 0 aromatic heterocycles. The first-order chi connectivity index (χ1) is 20.4. The number of benzene rings is 2. The van der Waals surface area contributed by atoms with Crippen molar-refractivity contribution in [2.24, 2.45) is 9.98 Å². The number of nitrogens with one attached hydrogen (secondary N) is 2. The molecule has 8 heteroatoms. The Kier molecular flexibility index (Phi) is 8.04. The molecule has 6 rings (SSSR count). The van der Waals surface area contributed by atoms with Crippen LogP contribution in [-0.2, 0) is 31.9 Å². The number of rotatable bonds is 6. The zero-order valence-corrected chi connectivity index (χ0v) is 24.1. The largest absolute Gasteiger partial charge is 0.389 e. The van der Waals surface area contributed by atoms with E-state index < -0.39 is 11.9 Å². The van der Waals surface area contributed by atoms with Crippen molar-refractivity contribution in [3.8, 4) is 0 Å². The first-order valence-corrected chi connectivity index (χ1v) is 14.7. The summed E-state index contributed by atoms with van der Waals surface area (Å²) in [5.41, 5.74) is 10.7. The molecule has 2 atom stereocenters. The van der Waals surface area contributed by atoms with Crippen LogP contribution in [-0.4, -0.2) is 49.2 Å². The van der Waals surface area contributed by atoms with Crippen molar-refractivity contribution < 1.29 is 19.1 Å². The molecule has 0 bridgehead atoms. The molecule has 216 valence electrons. The summed E-state index contributed by atoms with van der Waals surface area (Å²) in [6.07, 6.45) is 12.4. The van der Waals surface area contributed by atoms with Crippen LogP contribution in [0.5, 0.6) is 0 Å². The van der Waals surface area contributed by atoms with E-state index in [4.69, 9.17) is 9.47 Å². The summed E-state index contributed by atoms with van der Waals surface area (Å²) >= 11 is 0. The maximum Gasteiger partial charge on any atom is 0.338 e. The number of hydrogen-bond donors (Lipinski definition) is 2. The van der Waals surface area contributed by atoms with Gasteiger partial charge in [-0.15, -0.1) is 0 Å². The van der Waals surface area contributed by atoms with E-state index in [0.29, 0.717) is 13.1 Å². The Morgan fingerprint density at radius 1 is 0.738 bits per heavy atom. The third-order valence-electron chi connectivity index (χ3n) is 8.28. The number of carbonyl (C=O) groups is 2. The summed E-state index contributed by atoms with van der Waals surface area (Å²) in [5, 5.41) is 6.09. The first kappa shape index (κ1) is 27.7. The Morgan fingerprint density at radius 2 is 1.19 bits per heavy atom. The van der Waals surface area contributed by atoms with Crippen molar-refractivity contribution in [2.75, 3.05) is 13.1 Å². The highest BCUT2D eigenvalue weighted by Crippen LogP contribution is 2.30. The van der Waals surface area contributed by atoms with Crippen LogP contribution in [0.4, 0.5) is 0 Å². The van der Waals surface area contributed by atoms with E-state index in [1.165, 1.54) is 44.5 Å². The predicted octanol–water partition coefficient (Wildman–Crippen LogP) is 4.74. The van der Waals surface area contributed by atoms with Crippen LogP contribution in [0.3, 0.4) is 0 Å². The first-order valence-electron chi connectivity index (χ1n) is 14.7. The Hall–Kier alpha value is -4.46. The minimum atomic E-state index is -0.695. The fraction of sp³-hybridized carbons (Fsp3) is 0.353. The molecule has 2 aliphatic heterocycles. The van der Waals surface area contributed by atoms with Gasteiger partial charge in [-0.05, 0) is 85.8 Å². The molecule has 2 heterocycles. The topological polar surface area (TPSA) is 101 Å². The van der Waals surface area contributed by atoms with Gasteiger partial charge in [-0.3, -0.25) is 0 Å². The minimum Gasteiger partial charge on any atom is -0.389 e. The summed E-state index contributed by atoms with van der Waals surface area (Å²) < 4.78 is 10.6. The molecular formula is C34H36N4O4. The third kappa shape index (κ3) is 6.54. The van der Waals surface area contributed by atoms with Gasteiger partial charge in [-0.2, -0.15) is 0 Å². The van der Waals surface area contributed by atoms with Crippen LogP contribution in [0.25, 0.3) is 12.2 Å². The molecule has 2 aliphatic carbocycles. The van der Waals surface area contributed by atoms with E-state index in [1.54, 1.807) is 0 Å². The van der Waals surface area contributed by atoms with E-state index in [-0.39, 0.29) is 24.1 Å². The Bertz CT molecular complexity index is 1450. The number of amidine groups is 2. The lowest BCUT2D eigenvalue weighted by Gasteiger charge is -2.19. The molecule has 8 nitrogen and oxygen atoms in total.